The number of carbonyl (C=O) groups excluding carboxylic acids is 1. The summed E-state index contributed by atoms with van der Waals surface area (Å²) < 4.78 is 13.7. The highest BCUT2D eigenvalue weighted by Crippen LogP contribution is 2.21. The van der Waals surface area contributed by atoms with E-state index in [-0.39, 0.29) is 24.4 Å². The lowest BCUT2D eigenvalue weighted by molar-refractivity contribution is 0.0784. The Bertz CT molecular complexity index is 725. The fraction of sp³-hybridized carbons (Fsp3) is 0.350. The van der Waals surface area contributed by atoms with Gasteiger partial charge in [0.05, 0.1) is 6.10 Å². The van der Waals surface area contributed by atoms with E-state index < -0.39 is 0 Å². The maximum Gasteiger partial charge on any atom is 0.253 e. The van der Waals surface area contributed by atoms with Gasteiger partial charge >= 0.3 is 0 Å². The first-order chi connectivity index (χ1) is 12.0. The van der Waals surface area contributed by atoms with Crippen molar-refractivity contribution < 1.29 is 14.3 Å². The molecule has 0 radical (unpaired) electrons. The molecule has 1 aliphatic heterocycles. The van der Waals surface area contributed by atoms with Crippen molar-refractivity contribution in [3.05, 3.63) is 65.5 Å². The summed E-state index contributed by atoms with van der Waals surface area (Å²) >= 11 is 0. The van der Waals surface area contributed by atoms with Crippen molar-refractivity contribution in [1.82, 2.24) is 4.90 Å². The summed E-state index contributed by atoms with van der Waals surface area (Å²) in [4.78, 5) is 16.3. The van der Waals surface area contributed by atoms with Crippen LogP contribution in [0.25, 0.3) is 0 Å². The number of benzene rings is 2. The van der Waals surface area contributed by atoms with Crippen LogP contribution in [-0.4, -0.2) is 42.2 Å². The van der Waals surface area contributed by atoms with Gasteiger partial charge in [0.15, 0.2) is 0 Å². The number of amides is 1. The highest BCUT2D eigenvalue weighted by Gasteiger charge is 2.18. The standard InChI is InChI=1S/C20H23FN2O2/c1-22(14-16-4-2-3-5-19(16)21)20(25)15-6-8-17(9-7-15)23-12-10-18(24)11-13-23/h2-9,18,24H,10-14H2,1H3. The molecule has 1 fully saturated rings. The Balaban J connectivity index is 1.65. The average molecular weight is 342 g/mol. The van der Waals surface area contributed by atoms with Gasteiger partial charge in [0, 0.05) is 43.5 Å². The highest BCUT2D eigenvalue weighted by molar-refractivity contribution is 5.94. The molecule has 1 heterocycles. The predicted molar refractivity (Wildman–Crippen MR) is 96.1 cm³/mol. The van der Waals surface area contributed by atoms with Crippen molar-refractivity contribution in [2.75, 3.05) is 25.0 Å². The third kappa shape index (κ3) is 4.17. The number of nitrogens with zero attached hydrogens (tertiary/aromatic N) is 2. The van der Waals surface area contributed by atoms with E-state index >= 15 is 0 Å². The quantitative estimate of drug-likeness (QED) is 0.929. The van der Waals surface area contributed by atoms with Gasteiger partial charge < -0.3 is 14.9 Å². The van der Waals surface area contributed by atoms with E-state index in [0.717, 1.165) is 31.6 Å². The first kappa shape index (κ1) is 17.4. The van der Waals surface area contributed by atoms with Crippen LogP contribution in [0.3, 0.4) is 0 Å². The van der Waals surface area contributed by atoms with Gasteiger partial charge in [-0.15, -0.1) is 0 Å². The number of halogens is 1. The first-order valence-electron chi connectivity index (χ1n) is 8.56. The smallest absolute Gasteiger partial charge is 0.253 e. The van der Waals surface area contributed by atoms with E-state index in [1.165, 1.54) is 11.0 Å². The molecule has 4 nitrogen and oxygen atoms in total. The molecule has 25 heavy (non-hydrogen) atoms. The second-order valence-electron chi connectivity index (χ2n) is 6.52. The van der Waals surface area contributed by atoms with Gasteiger partial charge in [-0.3, -0.25) is 4.79 Å². The molecular weight excluding hydrogens is 319 g/mol. The summed E-state index contributed by atoms with van der Waals surface area (Å²) in [5.41, 5.74) is 2.14. The molecule has 2 aromatic carbocycles. The Hall–Kier alpha value is -2.40. The van der Waals surface area contributed by atoms with Crippen molar-refractivity contribution in [3.63, 3.8) is 0 Å². The Morgan fingerprint density at radius 2 is 1.80 bits per heavy atom. The van der Waals surface area contributed by atoms with Gasteiger partial charge in [-0.25, -0.2) is 4.39 Å². The summed E-state index contributed by atoms with van der Waals surface area (Å²) in [5, 5.41) is 9.59. The minimum Gasteiger partial charge on any atom is -0.393 e. The number of hydrogen-bond acceptors (Lipinski definition) is 3. The second kappa shape index (κ2) is 7.66. The van der Waals surface area contributed by atoms with Crippen LogP contribution in [0.1, 0.15) is 28.8 Å². The Labute approximate surface area is 147 Å². The summed E-state index contributed by atoms with van der Waals surface area (Å²) in [6.45, 7) is 1.88. The summed E-state index contributed by atoms with van der Waals surface area (Å²) in [6, 6.07) is 14.0. The van der Waals surface area contributed by atoms with E-state index in [1.807, 2.05) is 12.1 Å². The Kier molecular flexibility index (Phi) is 5.34. The number of aliphatic hydroxyl groups excluding tert-OH is 1. The lowest BCUT2D eigenvalue weighted by atomic mass is 10.1. The first-order valence-corrected chi connectivity index (χ1v) is 8.56. The number of aliphatic hydroxyl groups is 1. The van der Waals surface area contributed by atoms with Gasteiger partial charge in [0.25, 0.3) is 5.91 Å². The van der Waals surface area contributed by atoms with Crippen LogP contribution in [0.5, 0.6) is 0 Å². The molecule has 0 atom stereocenters. The number of rotatable bonds is 4. The molecule has 1 amide bonds. The van der Waals surface area contributed by atoms with Gasteiger partial charge in [-0.2, -0.15) is 0 Å². The van der Waals surface area contributed by atoms with Crippen LogP contribution in [0.2, 0.25) is 0 Å². The lowest BCUT2D eigenvalue weighted by Gasteiger charge is -2.31. The van der Waals surface area contributed by atoms with E-state index in [4.69, 9.17) is 0 Å². The third-order valence-electron chi connectivity index (χ3n) is 4.66. The van der Waals surface area contributed by atoms with Crippen molar-refractivity contribution >= 4 is 11.6 Å². The molecule has 0 unspecified atom stereocenters. The Morgan fingerprint density at radius 1 is 1.16 bits per heavy atom. The van der Waals surface area contributed by atoms with Crippen molar-refractivity contribution in [2.45, 2.75) is 25.5 Å². The lowest BCUT2D eigenvalue weighted by Crippen LogP contribution is -2.35. The molecule has 132 valence electrons. The zero-order chi connectivity index (χ0) is 17.8. The molecule has 1 aliphatic rings. The van der Waals surface area contributed by atoms with Crippen molar-refractivity contribution in [3.8, 4) is 0 Å². The second-order valence-corrected chi connectivity index (χ2v) is 6.52. The van der Waals surface area contributed by atoms with Crippen molar-refractivity contribution in [1.29, 1.82) is 0 Å². The number of piperidine rings is 1. The summed E-state index contributed by atoms with van der Waals surface area (Å²) in [7, 11) is 1.68. The SMILES string of the molecule is CN(Cc1ccccc1F)C(=O)c1ccc(N2CCC(O)CC2)cc1. The Morgan fingerprint density at radius 3 is 2.44 bits per heavy atom. The van der Waals surface area contributed by atoms with Crippen LogP contribution in [0.4, 0.5) is 10.1 Å². The van der Waals surface area contributed by atoms with Gasteiger partial charge in [-0.1, -0.05) is 18.2 Å². The predicted octanol–water partition coefficient (Wildman–Crippen LogP) is 3.06. The molecule has 2 aromatic rings. The molecule has 5 heteroatoms. The minimum absolute atomic E-state index is 0.135. The van der Waals surface area contributed by atoms with Gasteiger partial charge in [-0.05, 0) is 43.2 Å². The minimum atomic E-state index is -0.301. The molecule has 0 aliphatic carbocycles. The zero-order valence-corrected chi connectivity index (χ0v) is 14.4. The monoisotopic (exact) mass is 342 g/mol. The highest BCUT2D eigenvalue weighted by atomic mass is 19.1. The maximum atomic E-state index is 13.7. The van der Waals surface area contributed by atoms with Crippen molar-refractivity contribution in [2.24, 2.45) is 0 Å². The largest absolute Gasteiger partial charge is 0.393 e. The molecule has 0 bridgehead atoms. The maximum absolute atomic E-state index is 13.7. The molecule has 3 rings (SSSR count). The average Bonchev–Trinajstić information content (AvgIpc) is 2.64. The number of hydrogen-bond donors (Lipinski definition) is 1. The fourth-order valence-corrected chi connectivity index (χ4v) is 3.11. The molecule has 0 aromatic heterocycles. The molecular formula is C20H23FN2O2. The van der Waals surface area contributed by atoms with E-state index in [1.54, 1.807) is 37.4 Å². The van der Waals surface area contributed by atoms with Crippen LogP contribution in [0, 0.1) is 5.82 Å². The zero-order valence-electron chi connectivity index (χ0n) is 14.4. The topological polar surface area (TPSA) is 43.8 Å². The number of anilines is 1. The summed E-state index contributed by atoms with van der Waals surface area (Å²) in [5.74, 6) is -0.436. The summed E-state index contributed by atoms with van der Waals surface area (Å²) in [6.07, 6.45) is 1.34. The molecule has 0 spiro atoms. The van der Waals surface area contributed by atoms with Gasteiger partial charge in [0.2, 0.25) is 0 Å². The van der Waals surface area contributed by atoms with Crippen LogP contribution >= 0.6 is 0 Å². The third-order valence-corrected chi connectivity index (χ3v) is 4.66. The fourth-order valence-electron chi connectivity index (χ4n) is 3.11. The molecule has 1 saturated heterocycles. The molecule has 1 N–H and O–H groups in total. The molecule has 0 saturated carbocycles. The van der Waals surface area contributed by atoms with E-state index in [9.17, 15) is 14.3 Å². The van der Waals surface area contributed by atoms with Gasteiger partial charge in [0.1, 0.15) is 5.82 Å². The van der Waals surface area contributed by atoms with Crippen LogP contribution in [-0.2, 0) is 6.54 Å². The number of carbonyl (C=O) groups is 1. The normalized spacial score (nSPS) is 15.2. The van der Waals surface area contributed by atoms with E-state index in [0.29, 0.717) is 11.1 Å². The van der Waals surface area contributed by atoms with Crippen LogP contribution < -0.4 is 4.90 Å². The van der Waals surface area contributed by atoms with E-state index in [2.05, 4.69) is 4.90 Å². The van der Waals surface area contributed by atoms with Crippen LogP contribution in [0.15, 0.2) is 48.5 Å².